The molecule has 0 amide bonds. The van der Waals surface area contributed by atoms with Gasteiger partial charge in [0.05, 0.1) is 26.4 Å². The molecule has 9 heteroatoms. The Morgan fingerprint density at radius 3 is 2.74 bits per heavy atom. The van der Waals surface area contributed by atoms with Crippen molar-refractivity contribution in [2.75, 3.05) is 33.5 Å². The standard InChI is InChI=1S/C10H19N3O5S/c1-8-9(7-14)10(13-12-8)19(15,16)11-3-4-18-6-5-17-2/h11,14H,3-7H2,1-2H3,(H,12,13). The summed E-state index contributed by atoms with van der Waals surface area (Å²) in [5.41, 5.74) is 0.798. The Balaban J connectivity index is 2.52. The van der Waals surface area contributed by atoms with E-state index in [2.05, 4.69) is 14.9 Å². The molecule has 0 fully saturated rings. The maximum Gasteiger partial charge on any atom is 0.260 e. The van der Waals surface area contributed by atoms with Crippen molar-refractivity contribution in [2.24, 2.45) is 0 Å². The Hall–Kier alpha value is -1.00. The van der Waals surface area contributed by atoms with Gasteiger partial charge in [-0.2, -0.15) is 5.10 Å². The highest BCUT2D eigenvalue weighted by molar-refractivity contribution is 7.89. The van der Waals surface area contributed by atoms with Crippen molar-refractivity contribution in [1.29, 1.82) is 0 Å². The van der Waals surface area contributed by atoms with Crippen LogP contribution in [0.5, 0.6) is 0 Å². The Kier molecular flexibility index (Phi) is 6.38. The van der Waals surface area contributed by atoms with Gasteiger partial charge in [-0.1, -0.05) is 0 Å². The third kappa shape index (κ3) is 4.55. The lowest BCUT2D eigenvalue weighted by Gasteiger charge is -2.06. The third-order valence-electron chi connectivity index (χ3n) is 2.42. The van der Waals surface area contributed by atoms with E-state index in [1.165, 1.54) is 0 Å². The van der Waals surface area contributed by atoms with Crippen LogP contribution in [0, 0.1) is 6.92 Å². The molecular formula is C10H19N3O5S. The van der Waals surface area contributed by atoms with E-state index in [0.29, 0.717) is 18.9 Å². The summed E-state index contributed by atoms with van der Waals surface area (Å²) in [4.78, 5) is 0. The van der Waals surface area contributed by atoms with Gasteiger partial charge in [-0.05, 0) is 6.92 Å². The zero-order valence-corrected chi connectivity index (χ0v) is 11.8. The summed E-state index contributed by atoms with van der Waals surface area (Å²) in [6.07, 6.45) is 0. The van der Waals surface area contributed by atoms with Crippen LogP contribution in [0.25, 0.3) is 0 Å². The van der Waals surface area contributed by atoms with E-state index >= 15 is 0 Å². The summed E-state index contributed by atoms with van der Waals surface area (Å²) in [5.74, 6) is 0. The molecule has 0 aliphatic carbocycles. The normalized spacial score (nSPS) is 11.9. The second-order valence-corrected chi connectivity index (χ2v) is 5.48. The third-order valence-corrected chi connectivity index (χ3v) is 3.85. The van der Waals surface area contributed by atoms with Gasteiger partial charge in [-0.15, -0.1) is 0 Å². The van der Waals surface area contributed by atoms with Gasteiger partial charge in [-0.3, -0.25) is 5.10 Å². The molecule has 0 atom stereocenters. The number of hydrogen-bond donors (Lipinski definition) is 3. The van der Waals surface area contributed by atoms with E-state index in [1.54, 1.807) is 14.0 Å². The van der Waals surface area contributed by atoms with E-state index in [1.807, 2.05) is 0 Å². The van der Waals surface area contributed by atoms with Crippen molar-refractivity contribution >= 4 is 10.0 Å². The van der Waals surface area contributed by atoms with Crippen LogP contribution in [0.1, 0.15) is 11.3 Å². The maximum absolute atomic E-state index is 11.9. The Labute approximate surface area is 112 Å². The van der Waals surface area contributed by atoms with Crippen LogP contribution in [0.3, 0.4) is 0 Å². The minimum atomic E-state index is -3.74. The van der Waals surface area contributed by atoms with Crippen LogP contribution in [-0.2, 0) is 26.1 Å². The molecule has 0 aliphatic heterocycles. The number of sulfonamides is 1. The molecule has 8 nitrogen and oxygen atoms in total. The maximum atomic E-state index is 11.9. The average molecular weight is 293 g/mol. The highest BCUT2D eigenvalue weighted by Gasteiger charge is 2.22. The number of H-pyrrole nitrogens is 1. The summed E-state index contributed by atoms with van der Waals surface area (Å²) in [6, 6.07) is 0. The molecule has 0 radical (unpaired) electrons. The summed E-state index contributed by atoms with van der Waals surface area (Å²) in [7, 11) is -2.18. The van der Waals surface area contributed by atoms with Crippen molar-refractivity contribution in [2.45, 2.75) is 18.6 Å². The number of aromatic nitrogens is 2. The topological polar surface area (TPSA) is 114 Å². The monoisotopic (exact) mass is 293 g/mol. The molecule has 19 heavy (non-hydrogen) atoms. The van der Waals surface area contributed by atoms with Crippen LogP contribution in [0.2, 0.25) is 0 Å². The van der Waals surface area contributed by atoms with Gasteiger partial charge in [0.2, 0.25) is 0 Å². The molecule has 0 aromatic carbocycles. The predicted molar refractivity (Wildman–Crippen MR) is 67.1 cm³/mol. The fourth-order valence-corrected chi connectivity index (χ4v) is 2.60. The Morgan fingerprint density at radius 2 is 2.11 bits per heavy atom. The molecule has 1 rings (SSSR count). The van der Waals surface area contributed by atoms with Crippen LogP contribution < -0.4 is 4.72 Å². The number of nitrogens with one attached hydrogen (secondary N) is 2. The zero-order chi connectivity index (χ0) is 14.3. The van der Waals surface area contributed by atoms with Gasteiger partial charge in [-0.25, -0.2) is 13.1 Å². The first-order valence-corrected chi connectivity index (χ1v) is 7.22. The van der Waals surface area contributed by atoms with Crippen molar-refractivity contribution < 1.29 is 23.0 Å². The fraction of sp³-hybridized carbons (Fsp3) is 0.700. The van der Waals surface area contributed by atoms with E-state index in [9.17, 15) is 8.42 Å². The number of aliphatic hydroxyl groups is 1. The zero-order valence-electron chi connectivity index (χ0n) is 11.0. The fourth-order valence-electron chi connectivity index (χ4n) is 1.40. The van der Waals surface area contributed by atoms with Crippen LogP contribution >= 0.6 is 0 Å². The second-order valence-electron chi connectivity index (χ2n) is 3.79. The van der Waals surface area contributed by atoms with E-state index < -0.39 is 10.0 Å². The summed E-state index contributed by atoms with van der Waals surface area (Å²) >= 11 is 0. The molecule has 1 aromatic heterocycles. The molecule has 1 heterocycles. The number of aryl methyl sites for hydroxylation is 1. The SMILES string of the molecule is COCCOCCNS(=O)(=O)c1n[nH]c(C)c1CO. The summed E-state index contributed by atoms with van der Waals surface area (Å²) in [6.45, 7) is 2.49. The average Bonchev–Trinajstić information content (AvgIpc) is 2.75. The highest BCUT2D eigenvalue weighted by atomic mass is 32.2. The minimum Gasteiger partial charge on any atom is -0.392 e. The van der Waals surface area contributed by atoms with Gasteiger partial charge in [0.15, 0.2) is 5.03 Å². The number of aromatic amines is 1. The quantitative estimate of drug-likeness (QED) is 0.511. The van der Waals surface area contributed by atoms with E-state index in [4.69, 9.17) is 14.6 Å². The number of rotatable bonds is 9. The molecule has 110 valence electrons. The lowest BCUT2D eigenvalue weighted by molar-refractivity contribution is 0.0736. The lowest BCUT2D eigenvalue weighted by Crippen LogP contribution is -2.28. The van der Waals surface area contributed by atoms with E-state index in [0.717, 1.165) is 0 Å². The Bertz CT molecular complexity index is 485. The number of ether oxygens (including phenoxy) is 2. The summed E-state index contributed by atoms with van der Waals surface area (Å²) < 4.78 is 36.1. The van der Waals surface area contributed by atoms with Gasteiger partial charge in [0, 0.05) is 24.9 Å². The molecule has 3 N–H and O–H groups in total. The van der Waals surface area contributed by atoms with Gasteiger partial charge in [0.25, 0.3) is 10.0 Å². The molecule has 0 aliphatic rings. The van der Waals surface area contributed by atoms with Crippen molar-refractivity contribution in [3.8, 4) is 0 Å². The van der Waals surface area contributed by atoms with Gasteiger partial charge < -0.3 is 14.6 Å². The smallest absolute Gasteiger partial charge is 0.260 e. The molecule has 0 saturated carbocycles. The van der Waals surface area contributed by atoms with Crippen molar-refractivity contribution in [3.63, 3.8) is 0 Å². The molecule has 0 spiro atoms. The highest BCUT2D eigenvalue weighted by Crippen LogP contribution is 2.15. The van der Waals surface area contributed by atoms with Gasteiger partial charge in [0.1, 0.15) is 0 Å². The number of hydrogen-bond acceptors (Lipinski definition) is 6. The van der Waals surface area contributed by atoms with E-state index in [-0.39, 0.29) is 30.3 Å². The molecule has 0 saturated heterocycles. The molecule has 0 unspecified atom stereocenters. The van der Waals surface area contributed by atoms with Crippen LogP contribution in [0.15, 0.2) is 5.03 Å². The first-order valence-electron chi connectivity index (χ1n) is 5.74. The number of nitrogens with zero attached hydrogens (tertiary/aromatic N) is 1. The summed E-state index contributed by atoms with van der Waals surface area (Å²) in [5, 5.41) is 15.2. The first kappa shape index (κ1) is 16.1. The predicted octanol–water partition coefficient (Wildman–Crippen LogP) is -0.848. The van der Waals surface area contributed by atoms with Crippen molar-refractivity contribution in [1.82, 2.24) is 14.9 Å². The van der Waals surface area contributed by atoms with Crippen LogP contribution in [-0.4, -0.2) is 57.2 Å². The lowest BCUT2D eigenvalue weighted by atomic mass is 10.3. The van der Waals surface area contributed by atoms with Crippen LogP contribution in [0.4, 0.5) is 0 Å². The molecular weight excluding hydrogens is 274 g/mol. The number of methoxy groups -OCH3 is 1. The minimum absolute atomic E-state index is 0.128. The molecule has 1 aromatic rings. The first-order chi connectivity index (χ1) is 9.03. The second kappa shape index (κ2) is 7.56. The largest absolute Gasteiger partial charge is 0.392 e. The van der Waals surface area contributed by atoms with Crippen molar-refractivity contribution in [3.05, 3.63) is 11.3 Å². The number of aliphatic hydroxyl groups excluding tert-OH is 1. The molecule has 0 bridgehead atoms. The Morgan fingerprint density at radius 1 is 1.37 bits per heavy atom. The van der Waals surface area contributed by atoms with Gasteiger partial charge >= 0.3 is 0 Å².